The SMILES string of the molecule is Cc1cc(C(C)N)ccc1OCc1cc(Cl)ccc1F. The number of rotatable bonds is 4. The molecule has 0 aliphatic carbocycles. The van der Waals surface area contributed by atoms with Gasteiger partial charge in [-0.1, -0.05) is 23.7 Å². The summed E-state index contributed by atoms with van der Waals surface area (Å²) in [5.41, 5.74) is 8.29. The summed E-state index contributed by atoms with van der Waals surface area (Å²) in [5.74, 6) is 0.396. The fourth-order valence-electron chi connectivity index (χ4n) is 1.93. The van der Waals surface area contributed by atoms with Crippen molar-refractivity contribution in [1.82, 2.24) is 0 Å². The number of halogens is 2. The lowest BCUT2D eigenvalue weighted by molar-refractivity contribution is 0.297. The Balaban J connectivity index is 2.13. The van der Waals surface area contributed by atoms with E-state index in [1.807, 2.05) is 32.0 Å². The summed E-state index contributed by atoms with van der Waals surface area (Å²) >= 11 is 5.85. The maximum Gasteiger partial charge on any atom is 0.129 e. The lowest BCUT2D eigenvalue weighted by Gasteiger charge is -2.13. The Morgan fingerprint density at radius 1 is 1.25 bits per heavy atom. The molecule has 0 aromatic heterocycles. The van der Waals surface area contributed by atoms with Crippen LogP contribution < -0.4 is 10.5 Å². The topological polar surface area (TPSA) is 35.2 Å². The lowest BCUT2D eigenvalue weighted by atomic mass is 10.1. The van der Waals surface area contributed by atoms with Crippen molar-refractivity contribution in [3.8, 4) is 5.75 Å². The van der Waals surface area contributed by atoms with Gasteiger partial charge in [-0.2, -0.15) is 0 Å². The largest absolute Gasteiger partial charge is 0.489 e. The quantitative estimate of drug-likeness (QED) is 0.907. The van der Waals surface area contributed by atoms with Crippen molar-refractivity contribution in [3.63, 3.8) is 0 Å². The second kappa shape index (κ2) is 6.25. The van der Waals surface area contributed by atoms with Crippen molar-refractivity contribution in [1.29, 1.82) is 0 Å². The Kier molecular flexibility index (Phi) is 4.63. The lowest BCUT2D eigenvalue weighted by Crippen LogP contribution is -2.06. The molecule has 2 aromatic rings. The number of hydrogen-bond donors (Lipinski definition) is 1. The van der Waals surface area contributed by atoms with Crippen molar-refractivity contribution in [2.75, 3.05) is 0 Å². The fourth-order valence-corrected chi connectivity index (χ4v) is 2.12. The summed E-state index contributed by atoms with van der Waals surface area (Å²) in [6.07, 6.45) is 0. The number of aryl methyl sites for hydroxylation is 1. The van der Waals surface area contributed by atoms with Gasteiger partial charge in [-0.25, -0.2) is 4.39 Å². The minimum absolute atomic E-state index is 0.0203. The van der Waals surface area contributed by atoms with Gasteiger partial charge in [-0.05, 0) is 49.2 Å². The maximum atomic E-state index is 13.6. The van der Waals surface area contributed by atoms with E-state index >= 15 is 0 Å². The first-order chi connectivity index (χ1) is 9.47. The molecule has 0 saturated carbocycles. The highest BCUT2D eigenvalue weighted by atomic mass is 35.5. The van der Waals surface area contributed by atoms with Crippen LogP contribution in [0.2, 0.25) is 5.02 Å². The average molecular weight is 294 g/mol. The highest BCUT2D eigenvalue weighted by Gasteiger charge is 2.07. The number of ether oxygens (including phenoxy) is 1. The highest BCUT2D eigenvalue weighted by Crippen LogP contribution is 2.24. The molecule has 20 heavy (non-hydrogen) atoms. The van der Waals surface area contributed by atoms with Crippen molar-refractivity contribution in [2.45, 2.75) is 26.5 Å². The van der Waals surface area contributed by atoms with Crippen molar-refractivity contribution in [2.24, 2.45) is 5.73 Å². The van der Waals surface area contributed by atoms with Crippen LogP contribution in [0.3, 0.4) is 0 Å². The summed E-state index contributed by atoms with van der Waals surface area (Å²) in [4.78, 5) is 0. The third-order valence-corrected chi connectivity index (χ3v) is 3.35. The van der Waals surface area contributed by atoms with Crippen molar-refractivity contribution >= 4 is 11.6 Å². The van der Waals surface area contributed by atoms with Gasteiger partial charge < -0.3 is 10.5 Å². The molecule has 1 unspecified atom stereocenters. The van der Waals surface area contributed by atoms with E-state index in [1.54, 1.807) is 6.07 Å². The van der Waals surface area contributed by atoms with Crippen LogP contribution in [0.1, 0.15) is 29.7 Å². The van der Waals surface area contributed by atoms with Crippen LogP contribution in [0, 0.1) is 12.7 Å². The smallest absolute Gasteiger partial charge is 0.129 e. The van der Waals surface area contributed by atoms with Crippen LogP contribution >= 0.6 is 11.6 Å². The van der Waals surface area contributed by atoms with Gasteiger partial charge >= 0.3 is 0 Å². The third-order valence-electron chi connectivity index (χ3n) is 3.12. The van der Waals surface area contributed by atoms with Crippen molar-refractivity contribution < 1.29 is 9.13 Å². The number of benzene rings is 2. The molecule has 0 aliphatic rings. The predicted octanol–water partition coefficient (Wildman–Crippen LogP) is 4.39. The Hall–Kier alpha value is -1.58. The summed E-state index contributed by atoms with van der Waals surface area (Å²) < 4.78 is 19.2. The van der Waals surface area contributed by atoms with Crippen LogP contribution in [0.4, 0.5) is 4.39 Å². The molecule has 106 valence electrons. The fraction of sp³-hybridized carbons (Fsp3) is 0.250. The van der Waals surface area contributed by atoms with Gasteiger partial charge in [-0.3, -0.25) is 0 Å². The summed E-state index contributed by atoms with van der Waals surface area (Å²) in [6, 6.07) is 10.2. The Labute approximate surface area is 123 Å². The Bertz CT molecular complexity index is 613. The van der Waals surface area contributed by atoms with Gasteiger partial charge in [-0.15, -0.1) is 0 Å². The monoisotopic (exact) mass is 293 g/mol. The zero-order valence-electron chi connectivity index (χ0n) is 11.5. The van der Waals surface area contributed by atoms with Crippen LogP contribution in [-0.4, -0.2) is 0 Å². The Morgan fingerprint density at radius 2 is 2.00 bits per heavy atom. The molecule has 0 saturated heterocycles. The summed E-state index contributed by atoms with van der Waals surface area (Å²) in [7, 11) is 0. The maximum absolute atomic E-state index is 13.6. The third kappa shape index (κ3) is 3.50. The van der Waals surface area contributed by atoms with Crippen LogP contribution in [-0.2, 0) is 6.61 Å². The summed E-state index contributed by atoms with van der Waals surface area (Å²) in [6.45, 7) is 4.01. The molecule has 0 aliphatic heterocycles. The van der Waals surface area contributed by atoms with Crippen LogP contribution in [0.25, 0.3) is 0 Å². The van der Waals surface area contributed by atoms with E-state index < -0.39 is 0 Å². The zero-order valence-corrected chi connectivity index (χ0v) is 12.2. The predicted molar refractivity (Wildman–Crippen MR) is 79.5 cm³/mol. The van der Waals surface area contributed by atoms with Crippen LogP contribution in [0.5, 0.6) is 5.75 Å². The minimum Gasteiger partial charge on any atom is -0.489 e. The van der Waals surface area contributed by atoms with Gasteiger partial charge in [0.15, 0.2) is 0 Å². The average Bonchev–Trinajstić information content (AvgIpc) is 2.40. The molecular weight excluding hydrogens is 277 g/mol. The first-order valence-electron chi connectivity index (χ1n) is 6.40. The molecule has 0 spiro atoms. The normalized spacial score (nSPS) is 12.2. The summed E-state index contributed by atoms with van der Waals surface area (Å²) in [5, 5.41) is 0.494. The van der Waals surface area contributed by atoms with E-state index in [9.17, 15) is 4.39 Å². The number of hydrogen-bond acceptors (Lipinski definition) is 2. The highest BCUT2D eigenvalue weighted by molar-refractivity contribution is 6.30. The first kappa shape index (κ1) is 14.8. The van der Waals surface area contributed by atoms with E-state index in [1.165, 1.54) is 12.1 Å². The standard InChI is InChI=1S/C16H17ClFNO/c1-10-7-12(11(2)19)3-6-16(10)20-9-13-8-14(17)4-5-15(13)18/h3-8,11H,9,19H2,1-2H3. The van der Waals surface area contributed by atoms with Crippen molar-refractivity contribution in [3.05, 3.63) is 63.9 Å². The molecule has 4 heteroatoms. The molecule has 2 rings (SSSR count). The van der Waals surface area contributed by atoms with Gasteiger partial charge in [0.25, 0.3) is 0 Å². The zero-order chi connectivity index (χ0) is 14.7. The molecule has 2 nitrogen and oxygen atoms in total. The van der Waals surface area contributed by atoms with E-state index in [0.29, 0.717) is 16.3 Å². The molecular formula is C16H17ClFNO. The Morgan fingerprint density at radius 3 is 2.65 bits per heavy atom. The van der Waals surface area contributed by atoms with Gasteiger partial charge in [0, 0.05) is 16.6 Å². The van der Waals surface area contributed by atoms with Gasteiger partial charge in [0.2, 0.25) is 0 Å². The van der Waals surface area contributed by atoms with E-state index in [4.69, 9.17) is 22.1 Å². The first-order valence-corrected chi connectivity index (χ1v) is 6.78. The minimum atomic E-state index is -0.320. The molecule has 0 bridgehead atoms. The van der Waals surface area contributed by atoms with Gasteiger partial charge in [0.05, 0.1) is 0 Å². The van der Waals surface area contributed by atoms with E-state index in [0.717, 1.165) is 11.1 Å². The second-order valence-electron chi connectivity index (χ2n) is 4.84. The number of nitrogens with two attached hydrogens (primary N) is 1. The van der Waals surface area contributed by atoms with Crippen LogP contribution in [0.15, 0.2) is 36.4 Å². The molecule has 0 radical (unpaired) electrons. The van der Waals surface area contributed by atoms with E-state index in [-0.39, 0.29) is 18.5 Å². The second-order valence-corrected chi connectivity index (χ2v) is 5.27. The molecule has 1 atom stereocenters. The van der Waals surface area contributed by atoms with Gasteiger partial charge in [0.1, 0.15) is 18.2 Å². The van der Waals surface area contributed by atoms with E-state index in [2.05, 4.69) is 0 Å². The molecule has 2 aromatic carbocycles. The molecule has 0 fully saturated rings. The molecule has 0 amide bonds. The molecule has 0 heterocycles. The molecule has 2 N–H and O–H groups in total.